The quantitative estimate of drug-likeness (QED) is 0.555. The van der Waals surface area contributed by atoms with Crippen LogP contribution in [-0.2, 0) is 19.9 Å². The van der Waals surface area contributed by atoms with Crippen molar-refractivity contribution < 1.29 is 26.7 Å². The summed E-state index contributed by atoms with van der Waals surface area (Å²) < 4.78 is 52.8. The Hall–Kier alpha value is -2.43. The van der Waals surface area contributed by atoms with E-state index in [2.05, 4.69) is 26.1 Å². The minimum Gasteiger partial charge on any atom is -0.506 e. The van der Waals surface area contributed by atoms with Gasteiger partial charge in [-0.2, -0.15) is 4.31 Å². The molecule has 1 aliphatic carbocycles. The molecule has 35 heavy (non-hydrogen) atoms. The van der Waals surface area contributed by atoms with Gasteiger partial charge in [-0.05, 0) is 72.6 Å². The lowest BCUT2D eigenvalue weighted by molar-refractivity contribution is 0.102. The molecule has 1 amide bonds. The van der Waals surface area contributed by atoms with E-state index in [0.29, 0.717) is 6.54 Å². The highest BCUT2D eigenvalue weighted by Gasteiger charge is 2.53. The summed E-state index contributed by atoms with van der Waals surface area (Å²) >= 11 is 0. The summed E-state index contributed by atoms with van der Waals surface area (Å²) in [5.74, 6) is -0.985. The lowest BCUT2D eigenvalue weighted by Crippen LogP contribution is -2.37. The Kier molecular flexibility index (Phi) is 6.30. The Morgan fingerprint density at radius 3 is 2.29 bits per heavy atom. The molecule has 2 fully saturated rings. The van der Waals surface area contributed by atoms with E-state index in [0.717, 1.165) is 19.3 Å². The van der Waals surface area contributed by atoms with Crippen molar-refractivity contribution in [3.8, 4) is 5.75 Å². The maximum absolute atomic E-state index is 13.4. The minimum absolute atomic E-state index is 0.0118. The monoisotopic (exact) mass is 520 g/mol. The second-order valence-corrected chi connectivity index (χ2v) is 15.0. The number of hydrogen-bond donors (Lipinski definition) is 2. The highest BCUT2D eigenvalue weighted by atomic mass is 32.2. The zero-order valence-electron chi connectivity index (χ0n) is 20.4. The van der Waals surface area contributed by atoms with Gasteiger partial charge < -0.3 is 10.4 Å². The number of sulfonamides is 1. The lowest BCUT2D eigenvalue weighted by atomic mass is 9.65. The molecule has 2 atom stereocenters. The molecule has 2 aromatic carbocycles. The van der Waals surface area contributed by atoms with Gasteiger partial charge >= 0.3 is 0 Å². The molecule has 190 valence electrons. The van der Waals surface area contributed by atoms with E-state index in [1.807, 2.05) is 0 Å². The fraction of sp³-hybridized carbons (Fsp3) is 0.480. The number of phenols is 1. The molecule has 2 unspecified atom stereocenters. The summed E-state index contributed by atoms with van der Waals surface area (Å²) in [5, 5.41) is 12.6. The van der Waals surface area contributed by atoms with Crippen LogP contribution in [-0.4, -0.2) is 50.5 Å². The van der Waals surface area contributed by atoms with Crippen LogP contribution in [0.4, 0.5) is 5.69 Å². The number of carbonyl (C=O) groups is 1. The van der Waals surface area contributed by atoms with E-state index < -0.39 is 25.8 Å². The number of rotatable bonds is 6. The number of benzene rings is 2. The van der Waals surface area contributed by atoms with Crippen LogP contribution >= 0.6 is 0 Å². The van der Waals surface area contributed by atoms with Crippen LogP contribution in [0.2, 0.25) is 0 Å². The van der Waals surface area contributed by atoms with Crippen molar-refractivity contribution in [2.24, 2.45) is 10.8 Å². The predicted molar refractivity (Wildman–Crippen MR) is 134 cm³/mol. The van der Waals surface area contributed by atoms with Crippen molar-refractivity contribution >= 4 is 31.5 Å². The van der Waals surface area contributed by atoms with Crippen LogP contribution in [0.15, 0.2) is 52.3 Å². The number of aromatic hydroxyl groups is 1. The van der Waals surface area contributed by atoms with E-state index >= 15 is 0 Å². The molecule has 0 aromatic heterocycles. The van der Waals surface area contributed by atoms with Crippen molar-refractivity contribution in [2.45, 2.75) is 62.8 Å². The molecule has 4 rings (SSSR count). The van der Waals surface area contributed by atoms with E-state index in [-0.39, 0.29) is 49.4 Å². The van der Waals surface area contributed by atoms with Crippen LogP contribution < -0.4 is 5.32 Å². The van der Waals surface area contributed by atoms with E-state index in [9.17, 15) is 26.7 Å². The van der Waals surface area contributed by atoms with Gasteiger partial charge in [-0.1, -0.05) is 27.7 Å². The molecule has 8 nitrogen and oxygen atoms in total. The molecule has 10 heteroatoms. The smallest absolute Gasteiger partial charge is 0.255 e. The molecule has 2 aliphatic rings. The highest BCUT2D eigenvalue weighted by molar-refractivity contribution is 7.91. The normalized spacial score (nSPS) is 24.3. The minimum atomic E-state index is -3.72. The van der Waals surface area contributed by atoms with Crippen molar-refractivity contribution in [1.82, 2.24) is 4.31 Å². The number of fused-ring (bicyclic) bond motifs is 2. The van der Waals surface area contributed by atoms with Crippen LogP contribution in [0.5, 0.6) is 5.75 Å². The van der Waals surface area contributed by atoms with Gasteiger partial charge in [0.15, 0.2) is 9.84 Å². The Morgan fingerprint density at radius 2 is 1.66 bits per heavy atom. The van der Waals surface area contributed by atoms with E-state index in [4.69, 9.17) is 0 Å². The molecule has 2 N–H and O–H groups in total. The first kappa shape index (κ1) is 25.7. The third-order valence-corrected chi connectivity index (χ3v) is 10.7. The van der Waals surface area contributed by atoms with Crippen molar-refractivity contribution in [2.75, 3.05) is 17.6 Å². The second kappa shape index (κ2) is 8.60. The standard InChI is InChI=1S/C25H32N2O6S2/c1-5-34(30,31)20-10-11-22(28)21(12-20)26-23(29)17-6-8-19(9-7-17)35(32,33)27-16-25(4)14-18(27)13-24(2,3)15-25/h6-12,18,28H,5,13-16H2,1-4H3,(H,26,29). The second-order valence-electron chi connectivity index (χ2n) is 10.8. The van der Waals surface area contributed by atoms with Crippen LogP contribution in [0.1, 0.15) is 57.3 Å². The molecule has 2 bridgehead atoms. The van der Waals surface area contributed by atoms with Gasteiger partial charge in [0.05, 0.1) is 21.2 Å². The molecular formula is C25H32N2O6S2. The average molecular weight is 521 g/mol. The Labute approximate surface area is 207 Å². The maximum Gasteiger partial charge on any atom is 0.255 e. The summed E-state index contributed by atoms with van der Waals surface area (Å²) in [6.45, 7) is 8.52. The highest BCUT2D eigenvalue weighted by Crippen LogP contribution is 2.53. The molecule has 0 spiro atoms. The lowest BCUT2D eigenvalue weighted by Gasteiger charge is -2.39. The topological polar surface area (TPSA) is 121 Å². The van der Waals surface area contributed by atoms with Gasteiger partial charge in [-0.3, -0.25) is 4.79 Å². The summed E-state index contributed by atoms with van der Waals surface area (Å²) in [7, 11) is -7.24. The van der Waals surface area contributed by atoms with Gasteiger partial charge in [0.2, 0.25) is 10.0 Å². The molecule has 1 heterocycles. The van der Waals surface area contributed by atoms with Crippen molar-refractivity contribution in [3.63, 3.8) is 0 Å². The number of hydrogen-bond acceptors (Lipinski definition) is 6. The summed E-state index contributed by atoms with van der Waals surface area (Å²) in [6.07, 6.45) is 2.65. The molecule has 0 radical (unpaired) electrons. The molecule has 1 aliphatic heterocycles. The largest absolute Gasteiger partial charge is 0.506 e. The molecular weight excluding hydrogens is 488 g/mol. The molecule has 1 saturated carbocycles. The van der Waals surface area contributed by atoms with Crippen molar-refractivity contribution in [3.05, 3.63) is 48.0 Å². The number of nitrogens with zero attached hydrogens (tertiary/aromatic N) is 1. The Bertz CT molecular complexity index is 1370. The first-order valence-electron chi connectivity index (χ1n) is 11.6. The number of nitrogens with one attached hydrogen (secondary N) is 1. The Morgan fingerprint density at radius 1 is 1.03 bits per heavy atom. The third kappa shape index (κ3) is 4.96. The number of carbonyl (C=O) groups excluding carboxylic acids is 1. The SMILES string of the molecule is CCS(=O)(=O)c1ccc(O)c(NC(=O)c2ccc(S(=O)(=O)N3CC4(C)CC3CC(C)(C)C4)cc2)c1. The fourth-order valence-corrected chi connectivity index (χ4v) is 8.45. The van der Waals surface area contributed by atoms with Crippen molar-refractivity contribution in [1.29, 1.82) is 0 Å². The third-order valence-electron chi connectivity index (χ3n) is 7.05. The number of phenolic OH excluding ortho intramolecular Hbond substituents is 1. The van der Waals surface area contributed by atoms with Crippen LogP contribution in [0.25, 0.3) is 0 Å². The van der Waals surface area contributed by atoms with Crippen LogP contribution in [0, 0.1) is 10.8 Å². The van der Waals surface area contributed by atoms with E-state index in [1.165, 1.54) is 49.4 Å². The first-order valence-corrected chi connectivity index (χ1v) is 14.7. The fourth-order valence-electron chi connectivity index (χ4n) is 5.77. The first-order chi connectivity index (χ1) is 16.2. The zero-order valence-corrected chi connectivity index (χ0v) is 22.0. The van der Waals surface area contributed by atoms with Gasteiger partial charge in [0.25, 0.3) is 5.91 Å². The summed E-state index contributed by atoms with van der Waals surface area (Å²) in [4.78, 5) is 12.9. The van der Waals surface area contributed by atoms with E-state index in [1.54, 1.807) is 4.31 Å². The summed E-state index contributed by atoms with van der Waals surface area (Å²) in [6, 6.07) is 9.32. The van der Waals surface area contributed by atoms with Gasteiger partial charge in [-0.25, -0.2) is 16.8 Å². The van der Waals surface area contributed by atoms with Gasteiger partial charge in [-0.15, -0.1) is 0 Å². The number of sulfone groups is 1. The number of anilines is 1. The van der Waals surface area contributed by atoms with Crippen LogP contribution in [0.3, 0.4) is 0 Å². The van der Waals surface area contributed by atoms with Gasteiger partial charge in [0.1, 0.15) is 5.75 Å². The zero-order chi connectivity index (χ0) is 25.8. The number of amides is 1. The predicted octanol–water partition coefficient (Wildman–Crippen LogP) is 4.03. The molecule has 2 aromatic rings. The maximum atomic E-state index is 13.4. The average Bonchev–Trinajstić information content (AvgIpc) is 3.04. The Balaban J connectivity index is 1.54. The molecule has 1 saturated heterocycles. The van der Waals surface area contributed by atoms with Gasteiger partial charge in [0, 0.05) is 18.2 Å². The summed E-state index contributed by atoms with van der Waals surface area (Å²) in [5.41, 5.74) is 0.186.